The minimum Gasteiger partial charge on any atom is -0.508 e. The van der Waals surface area contributed by atoms with Crippen molar-refractivity contribution in [2.75, 3.05) is 25.5 Å². The van der Waals surface area contributed by atoms with Crippen molar-refractivity contribution in [2.24, 2.45) is 0 Å². The van der Waals surface area contributed by atoms with Crippen LogP contribution in [0.15, 0.2) is 18.2 Å². The lowest BCUT2D eigenvalue weighted by Crippen LogP contribution is -2.31. The Morgan fingerprint density at radius 1 is 1.47 bits per heavy atom. The van der Waals surface area contributed by atoms with Gasteiger partial charge in [-0.25, -0.2) is 0 Å². The minimum atomic E-state index is -0.128. The Hall–Kier alpha value is -1.26. The average molecular weight is 236 g/mol. The molecule has 3 N–H and O–H groups in total. The second-order valence-electron chi connectivity index (χ2n) is 4.66. The summed E-state index contributed by atoms with van der Waals surface area (Å²) in [6, 6.07) is 5.88. The molecule has 1 atom stereocenters. The van der Waals surface area contributed by atoms with Crippen LogP contribution in [0.3, 0.4) is 0 Å². The highest BCUT2D eigenvalue weighted by atomic mass is 16.3. The van der Waals surface area contributed by atoms with Gasteiger partial charge in [-0.3, -0.25) is 0 Å². The fraction of sp³-hybridized carbons (Fsp3) is 0.538. The summed E-state index contributed by atoms with van der Waals surface area (Å²) < 4.78 is 0. The summed E-state index contributed by atoms with van der Waals surface area (Å²) >= 11 is 0. The van der Waals surface area contributed by atoms with Crippen LogP contribution < -0.4 is 5.32 Å². The molecule has 1 aromatic carbocycles. The molecule has 2 rings (SSSR count). The first-order valence-corrected chi connectivity index (χ1v) is 6.07. The molecule has 1 fully saturated rings. The summed E-state index contributed by atoms with van der Waals surface area (Å²) in [6.07, 6.45) is 2.49. The van der Waals surface area contributed by atoms with Crippen molar-refractivity contribution >= 4 is 5.69 Å². The number of aliphatic hydroxyl groups excluding tert-OH is 1. The van der Waals surface area contributed by atoms with Crippen LogP contribution in [0.25, 0.3) is 0 Å². The highest BCUT2D eigenvalue weighted by molar-refractivity contribution is 5.51. The number of nitrogens with zero attached hydrogens (tertiary/aromatic N) is 1. The van der Waals surface area contributed by atoms with E-state index in [9.17, 15) is 5.11 Å². The largest absolute Gasteiger partial charge is 0.508 e. The van der Waals surface area contributed by atoms with Crippen molar-refractivity contribution in [1.29, 1.82) is 0 Å². The van der Waals surface area contributed by atoms with Crippen LogP contribution in [-0.4, -0.2) is 41.3 Å². The zero-order valence-corrected chi connectivity index (χ0v) is 10.2. The van der Waals surface area contributed by atoms with Crippen molar-refractivity contribution in [2.45, 2.75) is 25.5 Å². The number of hydrogen-bond donors (Lipinski definition) is 3. The van der Waals surface area contributed by atoms with E-state index < -0.39 is 0 Å². The van der Waals surface area contributed by atoms with E-state index in [0.717, 1.165) is 12.2 Å². The third kappa shape index (κ3) is 2.90. The van der Waals surface area contributed by atoms with Gasteiger partial charge in [-0.05, 0) is 32.5 Å². The van der Waals surface area contributed by atoms with Gasteiger partial charge in [0.2, 0.25) is 0 Å². The topological polar surface area (TPSA) is 55.7 Å². The quantitative estimate of drug-likeness (QED) is 0.739. The number of benzene rings is 1. The maximum absolute atomic E-state index is 9.62. The van der Waals surface area contributed by atoms with Gasteiger partial charge in [-0.1, -0.05) is 6.07 Å². The lowest BCUT2D eigenvalue weighted by atomic mass is 10.1. The van der Waals surface area contributed by atoms with Gasteiger partial charge < -0.3 is 20.4 Å². The van der Waals surface area contributed by atoms with E-state index in [1.54, 1.807) is 12.1 Å². The molecule has 4 nitrogen and oxygen atoms in total. The number of aromatic hydroxyl groups is 1. The van der Waals surface area contributed by atoms with Gasteiger partial charge in [0.25, 0.3) is 0 Å². The Bertz CT molecular complexity index is 382. The number of nitrogens with one attached hydrogen (secondary N) is 1. The number of anilines is 1. The van der Waals surface area contributed by atoms with Crippen LogP contribution in [0.5, 0.6) is 5.75 Å². The molecule has 1 aliphatic rings. The van der Waals surface area contributed by atoms with Gasteiger partial charge in [-0.2, -0.15) is 0 Å². The molecular formula is C13H20N2O2. The molecule has 1 heterocycles. The van der Waals surface area contributed by atoms with E-state index in [4.69, 9.17) is 5.11 Å². The maximum atomic E-state index is 9.62. The Balaban J connectivity index is 1.92. The fourth-order valence-corrected chi connectivity index (χ4v) is 2.28. The summed E-state index contributed by atoms with van der Waals surface area (Å²) in [7, 11) is 2.14. The molecule has 1 saturated heterocycles. The molecule has 1 unspecified atom stereocenters. The number of rotatable bonds is 4. The normalized spacial score (nSPS) is 20.7. The van der Waals surface area contributed by atoms with Crippen molar-refractivity contribution in [1.82, 2.24) is 4.90 Å². The zero-order chi connectivity index (χ0) is 12.3. The zero-order valence-electron chi connectivity index (χ0n) is 10.2. The lowest BCUT2D eigenvalue weighted by molar-refractivity contribution is 0.275. The van der Waals surface area contributed by atoms with Crippen LogP contribution in [-0.2, 0) is 6.61 Å². The predicted octanol–water partition coefficient (Wildman–Crippen LogP) is 1.39. The molecule has 0 amide bonds. The Kier molecular flexibility index (Phi) is 3.86. The molecule has 1 aliphatic heterocycles. The average Bonchev–Trinajstić information content (AvgIpc) is 2.72. The highest BCUT2D eigenvalue weighted by Gasteiger charge is 2.20. The Morgan fingerprint density at radius 2 is 2.29 bits per heavy atom. The van der Waals surface area contributed by atoms with E-state index in [2.05, 4.69) is 17.3 Å². The van der Waals surface area contributed by atoms with E-state index in [-0.39, 0.29) is 12.4 Å². The monoisotopic (exact) mass is 236 g/mol. The minimum absolute atomic E-state index is 0.128. The molecule has 17 heavy (non-hydrogen) atoms. The van der Waals surface area contributed by atoms with Crippen LogP contribution in [0, 0.1) is 0 Å². The maximum Gasteiger partial charge on any atom is 0.123 e. The Labute approximate surface area is 102 Å². The van der Waals surface area contributed by atoms with E-state index >= 15 is 0 Å². The predicted molar refractivity (Wildman–Crippen MR) is 68.2 cm³/mol. The first-order chi connectivity index (χ1) is 8.20. The molecule has 4 heteroatoms. The van der Waals surface area contributed by atoms with Crippen molar-refractivity contribution in [3.63, 3.8) is 0 Å². The lowest BCUT2D eigenvalue weighted by Gasteiger charge is -2.20. The van der Waals surface area contributed by atoms with Crippen molar-refractivity contribution in [3.8, 4) is 5.75 Å². The highest BCUT2D eigenvalue weighted by Crippen LogP contribution is 2.22. The van der Waals surface area contributed by atoms with Gasteiger partial charge in [0, 0.05) is 29.9 Å². The molecular weight excluding hydrogens is 216 g/mol. The molecule has 0 saturated carbocycles. The van der Waals surface area contributed by atoms with Crippen molar-refractivity contribution < 1.29 is 10.2 Å². The molecule has 0 aromatic heterocycles. The van der Waals surface area contributed by atoms with Gasteiger partial charge in [0.05, 0.1) is 6.61 Å². The van der Waals surface area contributed by atoms with Crippen LogP contribution in [0.2, 0.25) is 0 Å². The van der Waals surface area contributed by atoms with E-state index in [1.807, 2.05) is 6.07 Å². The first kappa shape index (κ1) is 12.2. The van der Waals surface area contributed by atoms with Gasteiger partial charge in [0.15, 0.2) is 0 Å². The Morgan fingerprint density at radius 3 is 2.88 bits per heavy atom. The summed E-state index contributed by atoms with van der Waals surface area (Å²) in [4.78, 5) is 2.36. The molecule has 0 radical (unpaired) electrons. The van der Waals surface area contributed by atoms with Crippen LogP contribution >= 0.6 is 0 Å². The van der Waals surface area contributed by atoms with Crippen molar-refractivity contribution in [3.05, 3.63) is 23.8 Å². The summed E-state index contributed by atoms with van der Waals surface area (Å²) in [5.74, 6) is 0.150. The molecule has 1 aromatic rings. The third-order valence-electron chi connectivity index (χ3n) is 3.47. The van der Waals surface area contributed by atoms with E-state index in [1.165, 1.54) is 19.4 Å². The number of hydrogen-bond acceptors (Lipinski definition) is 4. The summed E-state index contributed by atoms with van der Waals surface area (Å²) in [5.41, 5.74) is 1.47. The SMILES string of the molecule is CN1CCCC1CNc1ccc(CO)c(O)c1. The molecule has 0 spiro atoms. The molecule has 0 aliphatic carbocycles. The summed E-state index contributed by atoms with van der Waals surface area (Å²) in [5, 5.41) is 21.9. The second kappa shape index (κ2) is 5.38. The van der Waals surface area contributed by atoms with Gasteiger partial charge in [0.1, 0.15) is 5.75 Å². The molecule has 94 valence electrons. The summed E-state index contributed by atoms with van der Waals surface area (Å²) in [6.45, 7) is 1.94. The number of aliphatic hydroxyl groups is 1. The number of likely N-dealkylation sites (N-methyl/N-ethyl adjacent to an activating group) is 1. The third-order valence-corrected chi connectivity index (χ3v) is 3.47. The number of phenols is 1. The van der Waals surface area contributed by atoms with Crippen LogP contribution in [0.1, 0.15) is 18.4 Å². The van der Waals surface area contributed by atoms with Crippen LogP contribution in [0.4, 0.5) is 5.69 Å². The van der Waals surface area contributed by atoms with Gasteiger partial charge in [-0.15, -0.1) is 0 Å². The molecule has 0 bridgehead atoms. The smallest absolute Gasteiger partial charge is 0.123 e. The standard InChI is InChI=1S/C13H20N2O2/c1-15-6-2-3-12(15)8-14-11-5-4-10(9-16)13(17)7-11/h4-5,7,12,14,16-17H,2-3,6,8-9H2,1H3. The second-order valence-corrected chi connectivity index (χ2v) is 4.66. The first-order valence-electron chi connectivity index (χ1n) is 6.07. The number of likely N-dealkylation sites (tertiary alicyclic amines) is 1. The fourth-order valence-electron chi connectivity index (χ4n) is 2.28. The van der Waals surface area contributed by atoms with Gasteiger partial charge >= 0.3 is 0 Å². The van der Waals surface area contributed by atoms with E-state index in [0.29, 0.717) is 11.6 Å².